The minimum absolute atomic E-state index is 0.218. The SMILES string of the molecule is CC(F)C1(c2cccc(Br)c2)CCCC1. The predicted octanol–water partition coefficient (Wildman–Crippen LogP) is 4.62. The third-order valence-electron chi connectivity index (χ3n) is 3.66. The molecule has 1 saturated carbocycles. The van der Waals surface area contributed by atoms with E-state index in [2.05, 4.69) is 28.1 Å². The van der Waals surface area contributed by atoms with Gasteiger partial charge in [-0.15, -0.1) is 0 Å². The minimum atomic E-state index is -0.755. The van der Waals surface area contributed by atoms with Crippen LogP contribution >= 0.6 is 15.9 Å². The normalized spacial score (nSPS) is 21.5. The van der Waals surface area contributed by atoms with Crippen LogP contribution in [0.1, 0.15) is 38.2 Å². The van der Waals surface area contributed by atoms with Crippen molar-refractivity contribution in [3.05, 3.63) is 34.3 Å². The summed E-state index contributed by atoms with van der Waals surface area (Å²) in [7, 11) is 0. The lowest BCUT2D eigenvalue weighted by molar-refractivity contribution is 0.206. The van der Waals surface area contributed by atoms with Crippen molar-refractivity contribution in [1.29, 1.82) is 0 Å². The van der Waals surface area contributed by atoms with E-state index in [4.69, 9.17) is 0 Å². The van der Waals surface area contributed by atoms with E-state index in [-0.39, 0.29) is 5.41 Å². The second kappa shape index (κ2) is 4.25. The van der Waals surface area contributed by atoms with Crippen molar-refractivity contribution in [2.24, 2.45) is 0 Å². The van der Waals surface area contributed by atoms with Crippen molar-refractivity contribution in [1.82, 2.24) is 0 Å². The third kappa shape index (κ3) is 1.96. The van der Waals surface area contributed by atoms with Crippen molar-refractivity contribution in [3.8, 4) is 0 Å². The Kier molecular flexibility index (Phi) is 3.15. The molecule has 1 unspecified atom stereocenters. The number of hydrogen-bond donors (Lipinski definition) is 0. The van der Waals surface area contributed by atoms with E-state index in [9.17, 15) is 4.39 Å². The molecule has 0 aliphatic heterocycles. The van der Waals surface area contributed by atoms with Gasteiger partial charge in [0, 0.05) is 9.89 Å². The number of hydrogen-bond acceptors (Lipinski definition) is 0. The third-order valence-corrected chi connectivity index (χ3v) is 4.15. The first-order valence-electron chi connectivity index (χ1n) is 5.55. The maximum absolute atomic E-state index is 13.9. The number of rotatable bonds is 2. The Morgan fingerprint density at radius 2 is 2.00 bits per heavy atom. The average molecular weight is 271 g/mol. The maximum Gasteiger partial charge on any atom is 0.107 e. The van der Waals surface area contributed by atoms with Gasteiger partial charge in [0.2, 0.25) is 0 Å². The molecule has 1 aromatic carbocycles. The molecule has 1 fully saturated rings. The first kappa shape index (κ1) is 11.1. The summed E-state index contributed by atoms with van der Waals surface area (Å²) >= 11 is 3.46. The smallest absolute Gasteiger partial charge is 0.107 e. The maximum atomic E-state index is 13.9. The van der Waals surface area contributed by atoms with Crippen LogP contribution < -0.4 is 0 Å². The molecule has 0 N–H and O–H groups in total. The Hall–Kier alpha value is -0.370. The van der Waals surface area contributed by atoms with Crippen LogP contribution in [0.15, 0.2) is 28.7 Å². The van der Waals surface area contributed by atoms with Gasteiger partial charge in [0.1, 0.15) is 6.17 Å². The fourth-order valence-corrected chi connectivity index (χ4v) is 3.12. The van der Waals surface area contributed by atoms with Crippen LogP contribution in [0.4, 0.5) is 4.39 Å². The molecule has 2 rings (SSSR count). The highest BCUT2D eigenvalue weighted by Gasteiger charge is 2.40. The quantitative estimate of drug-likeness (QED) is 0.736. The summed E-state index contributed by atoms with van der Waals surface area (Å²) in [6.07, 6.45) is 3.53. The van der Waals surface area contributed by atoms with E-state index < -0.39 is 6.17 Å². The molecule has 1 aliphatic carbocycles. The first-order valence-corrected chi connectivity index (χ1v) is 6.34. The van der Waals surface area contributed by atoms with Crippen molar-refractivity contribution in [2.45, 2.75) is 44.2 Å². The molecule has 0 spiro atoms. The van der Waals surface area contributed by atoms with Gasteiger partial charge < -0.3 is 0 Å². The van der Waals surface area contributed by atoms with Gasteiger partial charge in [-0.2, -0.15) is 0 Å². The van der Waals surface area contributed by atoms with Gasteiger partial charge in [0.05, 0.1) is 0 Å². The summed E-state index contributed by atoms with van der Waals surface area (Å²) in [6.45, 7) is 1.70. The van der Waals surface area contributed by atoms with Crippen molar-refractivity contribution < 1.29 is 4.39 Å². The van der Waals surface area contributed by atoms with Gasteiger partial charge in [0.15, 0.2) is 0 Å². The number of halogens is 2. The van der Waals surface area contributed by atoms with Gasteiger partial charge in [0.25, 0.3) is 0 Å². The summed E-state index contributed by atoms with van der Waals surface area (Å²) in [5.74, 6) is 0. The molecular formula is C13H16BrF. The summed E-state index contributed by atoms with van der Waals surface area (Å²) in [4.78, 5) is 0. The summed E-state index contributed by atoms with van der Waals surface area (Å²) in [5.41, 5.74) is 0.938. The largest absolute Gasteiger partial charge is 0.247 e. The molecule has 0 saturated heterocycles. The summed E-state index contributed by atoms with van der Waals surface area (Å²) in [5, 5.41) is 0. The molecule has 1 aromatic rings. The molecule has 2 heteroatoms. The molecule has 0 aromatic heterocycles. The van der Waals surface area contributed by atoms with Gasteiger partial charge in [-0.1, -0.05) is 40.9 Å². The van der Waals surface area contributed by atoms with E-state index in [0.29, 0.717) is 0 Å². The standard InChI is InChI=1S/C13H16BrF/c1-10(15)13(7-2-3-8-13)11-5-4-6-12(14)9-11/h4-6,9-10H,2-3,7-8H2,1H3. The van der Waals surface area contributed by atoms with Crippen LogP contribution in [-0.2, 0) is 5.41 Å². The van der Waals surface area contributed by atoms with Crippen LogP contribution in [0.25, 0.3) is 0 Å². The van der Waals surface area contributed by atoms with Crippen molar-refractivity contribution in [2.75, 3.05) is 0 Å². The van der Waals surface area contributed by atoms with Gasteiger partial charge in [-0.25, -0.2) is 4.39 Å². The van der Waals surface area contributed by atoms with E-state index in [0.717, 1.165) is 35.7 Å². The summed E-state index contributed by atoms with van der Waals surface area (Å²) < 4.78 is 14.9. The Bertz CT molecular complexity index is 340. The summed E-state index contributed by atoms with van der Waals surface area (Å²) in [6, 6.07) is 8.13. The lowest BCUT2D eigenvalue weighted by Crippen LogP contribution is -2.31. The highest BCUT2D eigenvalue weighted by molar-refractivity contribution is 9.10. The van der Waals surface area contributed by atoms with Gasteiger partial charge in [-0.05, 0) is 37.5 Å². The molecular weight excluding hydrogens is 255 g/mol. The zero-order valence-electron chi connectivity index (χ0n) is 8.97. The van der Waals surface area contributed by atoms with E-state index in [1.807, 2.05) is 12.1 Å². The second-order valence-corrected chi connectivity index (χ2v) is 5.41. The second-order valence-electron chi connectivity index (χ2n) is 4.49. The number of alkyl halides is 1. The highest BCUT2D eigenvalue weighted by Crippen LogP contribution is 2.45. The van der Waals surface area contributed by atoms with Crippen molar-refractivity contribution >= 4 is 15.9 Å². The first-order chi connectivity index (χ1) is 7.15. The minimum Gasteiger partial charge on any atom is -0.247 e. The van der Waals surface area contributed by atoms with Crippen LogP contribution in [0.3, 0.4) is 0 Å². The van der Waals surface area contributed by atoms with E-state index in [1.165, 1.54) is 0 Å². The van der Waals surface area contributed by atoms with E-state index >= 15 is 0 Å². The van der Waals surface area contributed by atoms with Crippen molar-refractivity contribution in [3.63, 3.8) is 0 Å². The van der Waals surface area contributed by atoms with Crippen LogP contribution in [0, 0.1) is 0 Å². The highest BCUT2D eigenvalue weighted by atomic mass is 79.9. The average Bonchev–Trinajstić information content (AvgIpc) is 2.67. The lowest BCUT2D eigenvalue weighted by atomic mass is 9.75. The Morgan fingerprint density at radius 3 is 2.53 bits per heavy atom. The number of benzene rings is 1. The zero-order valence-corrected chi connectivity index (χ0v) is 10.6. The fraction of sp³-hybridized carbons (Fsp3) is 0.538. The molecule has 15 heavy (non-hydrogen) atoms. The Labute approximate surface area is 99.0 Å². The molecule has 1 atom stereocenters. The Morgan fingerprint density at radius 1 is 1.33 bits per heavy atom. The molecule has 0 nitrogen and oxygen atoms in total. The van der Waals surface area contributed by atoms with Crippen LogP contribution in [0.2, 0.25) is 0 Å². The molecule has 1 aliphatic rings. The Balaban J connectivity index is 2.41. The molecule has 0 amide bonds. The molecule has 0 bridgehead atoms. The lowest BCUT2D eigenvalue weighted by Gasteiger charge is -2.31. The molecule has 0 radical (unpaired) electrons. The molecule has 82 valence electrons. The monoisotopic (exact) mass is 270 g/mol. The van der Waals surface area contributed by atoms with Crippen LogP contribution in [-0.4, -0.2) is 6.17 Å². The van der Waals surface area contributed by atoms with Gasteiger partial charge >= 0.3 is 0 Å². The predicted molar refractivity (Wildman–Crippen MR) is 64.9 cm³/mol. The van der Waals surface area contributed by atoms with E-state index in [1.54, 1.807) is 6.92 Å². The fourth-order valence-electron chi connectivity index (χ4n) is 2.72. The topological polar surface area (TPSA) is 0 Å². The molecule has 0 heterocycles. The van der Waals surface area contributed by atoms with Crippen LogP contribution in [0.5, 0.6) is 0 Å². The van der Waals surface area contributed by atoms with Gasteiger partial charge in [-0.3, -0.25) is 0 Å². The zero-order chi connectivity index (χ0) is 10.9.